The highest BCUT2D eigenvalue weighted by atomic mass is 16.6. The molecule has 0 amide bonds. The number of hydrogen-bond acceptors (Lipinski definition) is 6. The smallest absolute Gasteiger partial charge is 0.280 e. The van der Waals surface area contributed by atoms with Crippen LogP contribution in [0.15, 0.2) is 28.8 Å². The maximum Gasteiger partial charge on any atom is 0.280 e. The summed E-state index contributed by atoms with van der Waals surface area (Å²) in [5, 5.41) is 23.3. The molecule has 0 saturated carbocycles. The van der Waals surface area contributed by atoms with Gasteiger partial charge >= 0.3 is 0 Å². The third kappa shape index (κ3) is 3.14. The Labute approximate surface area is 109 Å². The van der Waals surface area contributed by atoms with E-state index in [0.717, 1.165) is 6.42 Å². The van der Waals surface area contributed by atoms with Gasteiger partial charge in [-0.3, -0.25) is 10.1 Å². The van der Waals surface area contributed by atoms with Crippen molar-refractivity contribution in [2.24, 2.45) is 0 Å². The first-order valence-corrected chi connectivity index (χ1v) is 5.89. The lowest BCUT2D eigenvalue weighted by Crippen LogP contribution is -1.93. The van der Waals surface area contributed by atoms with Gasteiger partial charge in [0.25, 0.3) is 5.69 Å². The fourth-order valence-electron chi connectivity index (χ4n) is 1.68. The van der Waals surface area contributed by atoms with Crippen LogP contribution in [0.5, 0.6) is 0 Å². The number of aliphatic hydroxyl groups excluding tert-OH is 1. The van der Waals surface area contributed by atoms with E-state index in [9.17, 15) is 10.1 Å². The third-order valence-corrected chi connectivity index (χ3v) is 2.61. The summed E-state index contributed by atoms with van der Waals surface area (Å²) >= 11 is 0. The molecule has 1 heterocycles. The van der Waals surface area contributed by atoms with E-state index in [0.29, 0.717) is 24.3 Å². The van der Waals surface area contributed by atoms with Gasteiger partial charge in [0, 0.05) is 19.1 Å². The van der Waals surface area contributed by atoms with Gasteiger partial charge in [0.05, 0.1) is 4.92 Å². The topological polar surface area (TPSA) is 102 Å². The van der Waals surface area contributed by atoms with Gasteiger partial charge in [0.2, 0.25) is 11.7 Å². The van der Waals surface area contributed by atoms with Crippen LogP contribution in [-0.4, -0.2) is 26.8 Å². The Morgan fingerprint density at radius 2 is 2.11 bits per heavy atom. The predicted molar refractivity (Wildman–Crippen MR) is 66.4 cm³/mol. The average molecular weight is 263 g/mol. The zero-order chi connectivity index (χ0) is 13.7. The average Bonchev–Trinajstić information content (AvgIpc) is 2.88. The molecule has 0 saturated heterocycles. The Hall–Kier alpha value is -2.28. The molecule has 0 bridgehead atoms. The van der Waals surface area contributed by atoms with Crippen molar-refractivity contribution >= 4 is 5.69 Å². The van der Waals surface area contributed by atoms with Gasteiger partial charge in [-0.15, -0.1) is 0 Å². The number of nitro groups is 1. The molecule has 1 N–H and O–H groups in total. The Morgan fingerprint density at radius 3 is 2.84 bits per heavy atom. The summed E-state index contributed by atoms with van der Waals surface area (Å²) < 4.78 is 5.04. The van der Waals surface area contributed by atoms with Crippen molar-refractivity contribution in [2.45, 2.75) is 19.3 Å². The number of unbranched alkanes of at least 4 members (excludes halogenated alkanes) is 1. The lowest BCUT2D eigenvalue weighted by Gasteiger charge is -1.96. The number of rotatable bonds is 6. The first kappa shape index (κ1) is 13.2. The monoisotopic (exact) mass is 263 g/mol. The Balaban J connectivity index is 2.21. The van der Waals surface area contributed by atoms with E-state index in [1.165, 1.54) is 6.07 Å². The number of para-hydroxylation sites is 1. The second kappa shape index (κ2) is 6.05. The number of benzene rings is 1. The van der Waals surface area contributed by atoms with Gasteiger partial charge in [0.1, 0.15) is 5.56 Å². The number of aryl methyl sites for hydroxylation is 1. The van der Waals surface area contributed by atoms with E-state index in [1.54, 1.807) is 18.2 Å². The molecule has 0 fully saturated rings. The zero-order valence-electron chi connectivity index (χ0n) is 10.2. The fourth-order valence-corrected chi connectivity index (χ4v) is 1.68. The molecule has 19 heavy (non-hydrogen) atoms. The molecular weight excluding hydrogens is 250 g/mol. The molecule has 0 spiro atoms. The summed E-state index contributed by atoms with van der Waals surface area (Å²) in [5.41, 5.74) is 0.287. The second-order valence-corrected chi connectivity index (χ2v) is 3.97. The van der Waals surface area contributed by atoms with Crippen LogP contribution in [0.3, 0.4) is 0 Å². The first-order valence-electron chi connectivity index (χ1n) is 5.89. The third-order valence-electron chi connectivity index (χ3n) is 2.61. The quantitative estimate of drug-likeness (QED) is 0.485. The SMILES string of the molecule is O=[N+]([O-])c1ccccc1-c1noc(CCCCO)n1. The van der Waals surface area contributed by atoms with Crippen molar-refractivity contribution in [3.63, 3.8) is 0 Å². The molecule has 7 heteroatoms. The minimum atomic E-state index is -0.475. The molecule has 0 aliphatic carbocycles. The molecular formula is C12H13N3O4. The summed E-state index contributed by atoms with van der Waals surface area (Å²) in [4.78, 5) is 14.6. The summed E-state index contributed by atoms with van der Waals surface area (Å²) in [6, 6.07) is 6.26. The maximum absolute atomic E-state index is 10.9. The highest BCUT2D eigenvalue weighted by molar-refractivity contribution is 5.67. The lowest BCUT2D eigenvalue weighted by molar-refractivity contribution is -0.384. The highest BCUT2D eigenvalue weighted by Gasteiger charge is 2.18. The summed E-state index contributed by atoms with van der Waals surface area (Å²) in [5.74, 6) is 0.632. The van der Waals surface area contributed by atoms with Crippen molar-refractivity contribution in [1.82, 2.24) is 10.1 Å². The Morgan fingerprint density at radius 1 is 1.32 bits per heavy atom. The summed E-state index contributed by atoms with van der Waals surface area (Å²) in [7, 11) is 0. The van der Waals surface area contributed by atoms with E-state index in [2.05, 4.69) is 10.1 Å². The van der Waals surface area contributed by atoms with E-state index < -0.39 is 4.92 Å². The lowest BCUT2D eigenvalue weighted by atomic mass is 10.1. The van der Waals surface area contributed by atoms with E-state index in [-0.39, 0.29) is 18.1 Å². The standard InChI is InChI=1S/C12H13N3O4/c16-8-4-3-7-11-13-12(14-19-11)9-5-1-2-6-10(9)15(17)18/h1-2,5-6,16H,3-4,7-8H2. The molecule has 2 rings (SSSR count). The van der Waals surface area contributed by atoms with Gasteiger partial charge in [-0.2, -0.15) is 4.98 Å². The molecule has 7 nitrogen and oxygen atoms in total. The minimum absolute atomic E-state index is 0.0507. The molecule has 0 unspecified atom stereocenters. The molecule has 1 aromatic heterocycles. The van der Waals surface area contributed by atoms with Gasteiger partial charge in [-0.1, -0.05) is 17.3 Å². The van der Waals surface area contributed by atoms with Crippen LogP contribution in [0, 0.1) is 10.1 Å². The molecule has 2 aromatic rings. The Bertz CT molecular complexity index is 568. The summed E-state index contributed by atoms with van der Waals surface area (Å²) in [6.07, 6.45) is 1.94. The van der Waals surface area contributed by atoms with Crippen LogP contribution < -0.4 is 0 Å². The normalized spacial score (nSPS) is 10.6. The van der Waals surface area contributed by atoms with Crippen LogP contribution in [0.4, 0.5) is 5.69 Å². The number of nitrogens with zero attached hydrogens (tertiary/aromatic N) is 3. The Kier molecular flexibility index (Phi) is 4.19. The largest absolute Gasteiger partial charge is 0.396 e. The predicted octanol–water partition coefficient (Wildman–Crippen LogP) is 1.96. The summed E-state index contributed by atoms with van der Waals surface area (Å²) in [6.45, 7) is 0.116. The number of aliphatic hydroxyl groups is 1. The van der Waals surface area contributed by atoms with Gasteiger partial charge in [0.15, 0.2) is 0 Å². The molecule has 0 aliphatic heterocycles. The van der Waals surface area contributed by atoms with Gasteiger partial charge in [-0.25, -0.2) is 0 Å². The van der Waals surface area contributed by atoms with Crippen molar-refractivity contribution in [2.75, 3.05) is 6.61 Å². The number of aromatic nitrogens is 2. The highest BCUT2D eigenvalue weighted by Crippen LogP contribution is 2.27. The van der Waals surface area contributed by atoms with E-state index in [4.69, 9.17) is 9.63 Å². The fraction of sp³-hybridized carbons (Fsp3) is 0.333. The molecule has 1 aromatic carbocycles. The maximum atomic E-state index is 10.9. The van der Waals surface area contributed by atoms with Gasteiger partial charge < -0.3 is 9.63 Å². The van der Waals surface area contributed by atoms with Crippen LogP contribution in [0.2, 0.25) is 0 Å². The van der Waals surface area contributed by atoms with Crippen molar-refractivity contribution < 1.29 is 14.6 Å². The van der Waals surface area contributed by atoms with E-state index in [1.807, 2.05) is 0 Å². The molecule has 100 valence electrons. The van der Waals surface area contributed by atoms with Crippen molar-refractivity contribution in [3.8, 4) is 11.4 Å². The number of hydrogen-bond donors (Lipinski definition) is 1. The first-order chi connectivity index (χ1) is 9.22. The second-order valence-electron chi connectivity index (χ2n) is 3.97. The minimum Gasteiger partial charge on any atom is -0.396 e. The van der Waals surface area contributed by atoms with Crippen molar-refractivity contribution in [3.05, 3.63) is 40.3 Å². The van der Waals surface area contributed by atoms with Crippen molar-refractivity contribution in [1.29, 1.82) is 0 Å². The van der Waals surface area contributed by atoms with Crippen LogP contribution in [-0.2, 0) is 6.42 Å². The van der Waals surface area contributed by atoms with E-state index >= 15 is 0 Å². The molecule has 0 aliphatic rings. The number of nitro benzene ring substituents is 1. The molecule has 0 atom stereocenters. The van der Waals surface area contributed by atoms with Gasteiger partial charge in [-0.05, 0) is 18.9 Å². The van der Waals surface area contributed by atoms with Crippen LogP contribution in [0.1, 0.15) is 18.7 Å². The van der Waals surface area contributed by atoms with Crippen LogP contribution >= 0.6 is 0 Å². The zero-order valence-corrected chi connectivity index (χ0v) is 10.2. The molecule has 0 radical (unpaired) electrons. The van der Waals surface area contributed by atoms with Crippen LogP contribution in [0.25, 0.3) is 11.4 Å².